The van der Waals surface area contributed by atoms with E-state index in [1.165, 1.54) is 24.2 Å². The van der Waals surface area contributed by atoms with Crippen LogP contribution < -0.4 is 5.32 Å². The van der Waals surface area contributed by atoms with E-state index < -0.39 is 15.9 Å². The van der Waals surface area contributed by atoms with Gasteiger partial charge < -0.3 is 10.2 Å². The quantitative estimate of drug-likeness (QED) is 0.308. The second-order valence-electron chi connectivity index (χ2n) is 11.0. The molecule has 1 aliphatic heterocycles. The van der Waals surface area contributed by atoms with Crippen molar-refractivity contribution in [2.75, 3.05) is 38.5 Å². The molecule has 1 aliphatic carbocycles. The Morgan fingerprint density at radius 3 is 2.39 bits per heavy atom. The van der Waals surface area contributed by atoms with Crippen molar-refractivity contribution in [3.63, 3.8) is 0 Å². The number of nitrogens with zero attached hydrogens (tertiary/aromatic N) is 5. The number of anilines is 1. The first-order valence-corrected chi connectivity index (χ1v) is 16.4. The predicted octanol–water partition coefficient (Wildman–Crippen LogP) is 4.99. The molecule has 4 aromatic rings. The third kappa shape index (κ3) is 6.18. The smallest absolute Gasteiger partial charge is 0.243 e. The number of hydrogen-bond donors (Lipinski definition) is 1. The van der Waals surface area contributed by atoms with Crippen LogP contribution in [0.15, 0.2) is 65.8 Å². The first-order chi connectivity index (χ1) is 19.9. The van der Waals surface area contributed by atoms with E-state index in [0.29, 0.717) is 37.2 Å². The lowest BCUT2D eigenvalue weighted by molar-refractivity contribution is -0.118. The van der Waals surface area contributed by atoms with Crippen LogP contribution >= 0.6 is 11.3 Å². The maximum absolute atomic E-state index is 13.7. The van der Waals surface area contributed by atoms with Crippen LogP contribution in [0.1, 0.15) is 43.6 Å². The van der Waals surface area contributed by atoms with E-state index >= 15 is 0 Å². The number of likely N-dealkylation sites (N-methyl/N-ethyl adjacent to an activating group) is 1. The Bertz CT molecular complexity index is 1610. The number of pyridine rings is 2. The number of amides is 1. The Kier molecular flexibility index (Phi) is 8.12. The SMILES string of the molecule is CN1CCN(S(=O)(=O)c2ccc(C(CC3CCCC3)C(=O)Nc3nc4ccc(-c5ccncc5)nc4s3)cc2)CC1. The van der Waals surface area contributed by atoms with Crippen molar-refractivity contribution in [3.8, 4) is 11.3 Å². The summed E-state index contributed by atoms with van der Waals surface area (Å²) in [7, 11) is -1.57. The molecule has 4 heterocycles. The normalized spacial score (nSPS) is 18.1. The van der Waals surface area contributed by atoms with Crippen LogP contribution in [0.3, 0.4) is 0 Å². The van der Waals surface area contributed by atoms with Crippen LogP contribution in [0.25, 0.3) is 21.6 Å². The molecule has 1 N–H and O–H groups in total. The second kappa shape index (κ2) is 11.9. The van der Waals surface area contributed by atoms with E-state index in [9.17, 15) is 13.2 Å². The van der Waals surface area contributed by atoms with Gasteiger partial charge in [-0.25, -0.2) is 18.4 Å². The van der Waals surface area contributed by atoms with Gasteiger partial charge in [0, 0.05) is 44.1 Å². The highest BCUT2D eigenvalue weighted by Gasteiger charge is 2.30. The molecule has 1 saturated heterocycles. The van der Waals surface area contributed by atoms with Gasteiger partial charge in [0.1, 0.15) is 10.3 Å². The van der Waals surface area contributed by atoms with Gasteiger partial charge in [0.25, 0.3) is 0 Å². The summed E-state index contributed by atoms with van der Waals surface area (Å²) in [6.07, 6.45) is 8.79. The van der Waals surface area contributed by atoms with Gasteiger partial charge in [0.15, 0.2) is 5.13 Å². The topological polar surface area (TPSA) is 108 Å². The standard InChI is InChI=1S/C30H34N6O3S2/c1-35-16-18-36(19-17-35)41(38,39)24-8-6-22(7-9-24)25(20-21-4-2-3-5-21)28(37)34-30-33-27-11-10-26(32-29(27)40-30)23-12-14-31-15-13-23/h6-15,21,25H,2-5,16-20H2,1H3,(H,33,34,37). The summed E-state index contributed by atoms with van der Waals surface area (Å²) in [6.45, 7) is 2.39. The summed E-state index contributed by atoms with van der Waals surface area (Å²) >= 11 is 1.35. The number of carbonyl (C=O) groups is 1. The van der Waals surface area contributed by atoms with Crippen LogP contribution in [0.5, 0.6) is 0 Å². The van der Waals surface area contributed by atoms with Crippen molar-refractivity contribution in [3.05, 3.63) is 66.5 Å². The molecule has 9 nitrogen and oxygen atoms in total. The number of thiazole rings is 1. The van der Waals surface area contributed by atoms with Gasteiger partial charge in [-0.1, -0.05) is 49.2 Å². The van der Waals surface area contributed by atoms with Crippen molar-refractivity contribution in [1.82, 2.24) is 24.2 Å². The van der Waals surface area contributed by atoms with Crippen LogP contribution in [-0.4, -0.2) is 71.7 Å². The zero-order valence-electron chi connectivity index (χ0n) is 23.1. The molecule has 6 rings (SSSR count). The first-order valence-electron chi connectivity index (χ1n) is 14.1. The number of sulfonamides is 1. The van der Waals surface area contributed by atoms with Crippen molar-refractivity contribution >= 4 is 42.7 Å². The Labute approximate surface area is 244 Å². The average molecular weight is 591 g/mol. The van der Waals surface area contributed by atoms with E-state index in [1.807, 2.05) is 43.4 Å². The lowest BCUT2D eigenvalue weighted by Crippen LogP contribution is -2.47. The van der Waals surface area contributed by atoms with Crippen molar-refractivity contribution in [2.45, 2.75) is 42.9 Å². The molecular formula is C30H34N6O3S2. The van der Waals surface area contributed by atoms with E-state index in [0.717, 1.165) is 46.4 Å². The van der Waals surface area contributed by atoms with Gasteiger partial charge in [0.05, 0.1) is 16.5 Å². The number of hydrogen-bond acceptors (Lipinski definition) is 8. The fourth-order valence-electron chi connectivity index (χ4n) is 5.77. The molecule has 1 saturated carbocycles. The van der Waals surface area contributed by atoms with E-state index in [2.05, 4.69) is 20.2 Å². The van der Waals surface area contributed by atoms with Crippen molar-refractivity contribution < 1.29 is 13.2 Å². The molecule has 1 aromatic carbocycles. The Hall–Kier alpha value is -3.25. The summed E-state index contributed by atoms with van der Waals surface area (Å²) in [5, 5.41) is 3.56. The molecule has 0 bridgehead atoms. The Morgan fingerprint density at radius 1 is 0.976 bits per heavy atom. The van der Waals surface area contributed by atoms with E-state index in [1.54, 1.807) is 28.8 Å². The van der Waals surface area contributed by atoms with Crippen LogP contribution in [0, 0.1) is 5.92 Å². The molecule has 1 amide bonds. The number of piperazine rings is 1. The molecule has 11 heteroatoms. The van der Waals surface area contributed by atoms with Gasteiger partial charge >= 0.3 is 0 Å². The molecular weight excluding hydrogens is 557 g/mol. The molecule has 3 aromatic heterocycles. The summed E-state index contributed by atoms with van der Waals surface area (Å²) in [5.74, 6) is -0.0507. The molecule has 2 fully saturated rings. The molecule has 0 radical (unpaired) electrons. The zero-order valence-corrected chi connectivity index (χ0v) is 24.7. The van der Waals surface area contributed by atoms with Crippen molar-refractivity contribution in [1.29, 1.82) is 0 Å². The summed E-state index contributed by atoms with van der Waals surface area (Å²) < 4.78 is 28.0. The Morgan fingerprint density at radius 2 is 1.68 bits per heavy atom. The average Bonchev–Trinajstić information content (AvgIpc) is 3.65. The number of fused-ring (bicyclic) bond motifs is 1. The summed E-state index contributed by atoms with van der Waals surface area (Å²) in [4.78, 5) is 30.3. The first kappa shape index (κ1) is 27.9. The highest BCUT2D eigenvalue weighted by atomic mass is 32.2. The summed E-state index contributed by atoms with van der Waals surface area (Å²) in [6, 6.07) is 14.6. The van der Waals surface area contributed by atoms with Crippen LogP contribution in [0.4, 0.5) is 5.13 Å². The maximum atomic E-state index is 13.7. The minimum Gasteiger partial charge on any atom is -0.304 e. The summed E-state index contributed by atoms with van der Waals surface area (Å²) in [5.41, 5.74) is 3.35. The highest BCUT2D eigenvalue weighted by molar-refractivity contribution is 7.89. The fourth-order valence-corrected chi connectivity index (χ4v) is 8.03. The molecule has 1 unspecified atom stereocenters. The third-order valence-electron chi connectivity index (χ3n) is 8.20. The van der Waals surface area contributed by atoms with Gasteiger partial charge in [-0.2, -0.15) is 4.31 Å². The third-order valence-corrected chi connectivity index (χ3v) is 11.0. The zero-order chi connectivity index (χ0) is 28.4. The van der Waals surface area contributed by atoms with E-state index in [-0.39, 0.29) is 10.8 Å². The number of carbonyl (C=O) groups excluding carboxylic acids is 1. The van der Waals surface area contributed by atoms with Gasteiger partial charge in [-0.05, 0) is 61.3 Å². The van der Waals surface area contributed by atoms with Gasteiger partial charge in [-0.3, -0.25) is 9.78 Å². The largest absolute Gasteiger partial charge is 0.304 e. The lowest BCUT2D eigenvalue weighted by Gasteiger charge is -2.31. The predicted molar refractivity (Wildman–Crippen MR) is 161 cm³/mol. The maximum Gasteiger partial charge on any atom is 0.243 e. The number of rotatable bonds is 8. The lowest BCUT2D eigenvalue weighted by atomic mass is 9.87. The molecule has 1 atom stereocenters. The van der Waals surface area contributed by atoms with E-state index in [4.69, 9.17) is 4.98 Å². The highest BCUT2D eigenvalue weighted by Crippen LogP contribution is 2.36. The molecule has 214 valence electrons. The minimum atomic E-state index is -3.57. The van der Waals surface area contributed by atoms with Crippen LogP contribution in [0.2, 0.25) is 0 Å². The number of aromatic nitrogens is 3. The second-order valence-corrected chi connectivity index (χ2v) is 13.9. The number of benzene rings is 1. The van der Waals surface area contributed by atoms with Crippen LogP contribution in [-0.2, 0) is 14.8 Å². The Balaban J connectivity index is 1.22. The molecule has 0 spiro atoms. The van der Waals surface area contributed by atoms with Gasteiger partial charge in [0.2, 0.25) is 15.9 Å². The number of nitrogens with one attached hydrogen (secondary N) is 1. The van der Waals surface area contributed by atoms with Gasteiger partial charge in [-0.15, -0.1) is 0 Å². The monoisotopic (exact) mass is 590 g/mol. The fraction of sp³-hybridized carbons (Fsp3) is 0.400. The molecule has 2 aliphatic rings. The van der Waals surface area contributed by atoms with Crippen molar-refractivity contribution in [2.24, 2.45) is 5.92 Å². The molecule has 41 heavy (non-hydrogen) atoms. The minimum absolute atomic E-state index is 0.125.